The standard InChI is InChI=1S/C6H10N2O2/c9-4-7-8-6(10)5-2-1-3-5/h4-5H,1-3H2,(H,7,9)(H,8,10). The summed E-state index contributed by atoms with van der Waals surface area (Å²) in [7, 11) is 0. The fourth-order valence-electron chi connectivity index (χ4n) is 0.873. The third-order valence-electron chi connectivity index (χ3n) is 1.73. The molecule has 0 atom stereocenters. The van der Waals surface area contributed by atoms with Crippen LogP contribution in [-0.2, 0) is 9.59 Å². The maximum absolute atomic E-state index is 10.9. The molecule has 0 unspecified atom stereocenters. The van der Waals surface area contributed by atoms with Gasteiger partial charge in [0, 0.05) is 5.92 Å². The van der Waals surface area contributed by atoms with Gasteiger partial charge in [0.15, 0.2) is 0 Å². The highest BCUT2D eigenvalue weighted by Crippen LogP contribution is 2.25. The first-order chi connectivity index (χ1) is 4.84. The first-order valence-electron chi connectivity index (χ1n) is 3.33. The summed E-state index contributed by atoms with van der Waals surface area (Å²) in [4.78, 5) is 20.6. The summed E-state index contributed by atoms with van der Waals surface area (Å²) in [6.07, 6.45) is 3.48. The summed E-state index contributed by atoms with van der Waals surface area (Å²) in [6.45, 7) is 0. The minimum Gasteiger partial charge on any atom is -0.277 e. The molecule has 0 aromatic heterocycles. The van der Waals surface area contributed by atoms with E-state index < -0.39 is 0 Å². The molecule has 1 fully saturated rings. The second-order valence-electron chi connectivity index (χ2n) is 2.38. The highest BCUT2D eigenvalue weighted by Gasteiger charge is 2.24. The van der Waals surface area contributed by atoms with Crippen LogP contribution in [0.3, 0.4) is 0 Å². The zero-order valence-electron chi connectivity index (χ0n) is 5.59. The van der Waals surface area contributed by atoms with Crippen LogP contribution in [0.25, 0.3) is 0 Å². The van der Waals surface area contributed by atoms with Crippen molar-refractivity contribution in [2.24, 2.45) is 5.92 Å². The molecule has 0 spiro atoms. The van der Waals surface area contributed by atoms with Crippen LogP contribution in [-0.4, -0.2) is 12.3 Å². The minimum atomic E-state index is -0.0710. The molecule has 0 aliphatic heterocycles. The van der Waals surface area contributed by atoms with Crippen LogP contribution in [0.4, 0.5) is 0 Å². The van der Waals surface area contributed by atoms with Crippen molar-refractivity contribution in [2.75, 3.05) is 0 Å². The Morgan fingerprint density at radius 1 is 1.50 bits per heavy atom. The highest BCUT2D eigenvalue weighted by molar-refractivity contribution is 5.79. The quantitative estimate of drug-likeness (QED) is 0.414. The van der Waals surface area contributed by atoms with Crippen LogP contribution in [0.2, 0.25) is 0 Å². The predicted octanol–water partition coefficient (Wildman–Crippen LogP) is -0.436. The van der Waals surface area contributed by atoms with Crippen molar-refractivity contribution in [1.82, 2.24) is 10.9 Å². The fraction of sp³-hybridized carbons (Fsp3) is 0.667. The minimum absolute atomic E-state index is 0.0710. The van der Waals surface area contributed by atoms with E-state index in [1.165, 1.54) is 0 Å². The lowest BCUT2D eigenvalue weighted by molar-refractivity contribution is -0.130. The SMILES string of the molecule is O=CNNC(=O)C1CCC1. The number of hydrogen-bond acceptors (Lipinski definition) is 2. The molecule has 0 aromatic carbocycles. The Hall–Kier alpha value is -1.06. The number of carbonyl (C=O) groups excluding carboxylic acids is 2. The van der Waals surface area contributed by atoms with Gasteiger partial charge in [-0.25, -0.2) is 0 Å². The fourth-order valence-corrected chi connectivity index (χ4v) is 0.873. The summed E-state index contributed by atoms with van der Waals surface area (Å²) in [5.41, 5.74) is 4.39. The van der Waals surface area contributed by atoms with Gasteiger partial charge in [-0.3, -0.25) is 20.4 Å². The zero-order valence-corrected chi connectivity index (χ0v) is 5.59. The second kappa shape index (κ2) is 3.20. The lowest BCUT2D eigenvalue weighted by Gasteiger charge is -2.23. The monoisotopic (exact) mass is 142 g/mol. The van der Waals surface area contributed by atoms with Crippen LogP contribution >= 0.6 is 0 Å². The predicted molar refractivity (Wildman–Crippen MR) is 34.7 cm³/mol. The Kier molecular flexibility index (Phi) is 2.25. The molecule has 2 N–H and O–H groups in total. The van der Waals surface area contributed by atoms with Gasteiger partial charge >= 0.3 is 0 Å². The van der Waals surface area contributed by atoms with Gasteiger partial charge in [-0.05, 0) is 12.8 Å². The molecule has 4 nitrogen and oxygen atoms in total. The molecule has 1 aliphatic carbocycles. The van der Waals surface area contributed by atoms with Crippen molar-refractivity contribution >= 4 is 12.3 Å². The van der Waals surface area contributed by atoms with Crippen LogP contribution in [0.15, 0.2) is 0 Å². The molecular weight excluding hydrogens is 132 g/mol. The third kappa shape index (κ3) is 1.46. The molecule has 10 heavy (non-hydrogen) atoms. The average Bonchev–Trinajstić information content (AvgIpc) is 1.79. The van der Waals surface area contributed by atoms with Gasteiger partial charge in [0.05, 0.1) is 0 Å². The first kappa shape index (κ1) is 7.05. The molecule has 0 heterocycles. The number of nitrogens with one attached hydrogen (secondary N) is 2. The van der Waals surface area contributed by atoms with Crippen LogP contribution < -0.4 is 10.9 Å². The lowest BCUT2D eigenvalue weighted by Crippen LogP contribution is -2.42. The smallest absolute Gasteiger partial charge is 0.241 e. The molecule has 1 aliphatic rings. The van der Waals surface area contributed by atoms with Gasteiger partial charge in [-0.1, -0.05) is 6.42 Å². The summed E-state index contributed by atoms with van der Waals surface area (Å²) in [6, 6.07) is 0. The van der Waals surface area contributed by atoms with E-state index in [9.17, 15) is 9.59 Å². The topological polar surface area (TPSA) is 58.2 Å². The lowest BCUT2D eigenvalue weighted by atomic mass is 9.85. The largest absolute Gasteiger partial charge is 0.277 e. The Morgan fingerprint density at radius 3 is 2.60 bits per heavy atom. The van der Waals surface area contributed by atoms with Gasteiger partial charge in [0.25, 0.3) is 0 Å². The van der Waals surface area contributed by atoms with Gasteiger partial charge < -0.3 is 0 Å². The van der Waals surface area contributed by atoms with Crippen LogP contribution in [0, 0.1) is 5.92 Å². The molecule has 0 aromatic rings. The summed E-state index contributed by atoms with van der Waals surface area (Å²) < 4.78 is 0. The van der Waals surface area contributed by atoms with E-state index in [0.29, 0.717) is 6.41 Å². The number of hydrogen-bond donors (Lipinski definition) is 2. The Morgan fingerprint density at radius 2 is 2.20 bits per heavy atom. The number of hydrazine groups is 1. The molecule has 0 saturated heterocycles. The van der Waals surface area contributed by atoms with E-state index in [1.807, 2.05) is 0 Å². The second-order valence-corrected chi connectivity index (χ2v) is 2.38. The maximum atomic E-state index is 10.9. The molecular formula is C6H10N2O2. The molecule has 1 rings (SSSR count). The molecule has 2 amide bonds. The number of rotatable bonds is 3. The molecule has 56 valence electrons. The summed E-state index contributed by atoms with van der Waals surface area (Å²) >= 11 is 0. The van der Waals surface area contributed by atoms with E-state index in [1.54, 1.807) is 0 Å². The molecule has 4 heteroatoms. The van der Waals surface area contributed by atoms with Gasteiger partial charge in [0.1, 0.15) is 0 Å². The molecule has 0 radical (unpaired) electrons. The normalized spacial score (nSPS) is 17.2. The van der Waals surface area contributed by atoms with Crippen molar-refractivity contribution in [1.29, 1.82) is 0 Å². The maximum Gasteiger partial charge on any atom is 0.241 e. The number of amides is 2. The van der Waals surface area contributed by atoms with Crippen molar-refractivity contribution in [3.05, 3.63) is 0 Å². The van der Waals surface area contributed by atoms with Crippen molar-refractivity contribution in [2.45, 2.75) is 19.3 Å². The van der Waals surface area contributed by atoms with Crippen LogP contribution in [0.1, 0.15) is 19.3 Å². The van der Waals surface area contributed by atoms with Crippen molar-refractivity contribution < 1.29 is 9.59 Å². The molecule has 0 bridgehead atoms. The Labute approximate surface area is 59.0 Å². The summed E-state index contributed by atoms with van der Waals surface area (Å²) in [5.74, 6) is 0.0609. The molecule has 1 saturated carbocycles. The highest BCUT2D eigenvalue weighted by atomic mass is 16.2. The Balaban J connectivity index is 2.13. The van der Waals surface area contributed by atoms with Crippen molar-refractivity contribution in [3.63, 3.8) is 0 Å². The van der Waals surface area contributed by atoms with E-state index in [2.05, 4.69) is 10.9 Å². The van der Waals surface area contributed by atoms with E-state index >= 15 is 0 Å². The Bertz CT molecular complexity index is 143. The summed E-state index contributed by atoms with van der Waals surface area (Å²) in [5, 5.41) is 0. The van der Waals surface area contributed by atoms with Gasteiger partial charge in [-0.15, -0.1) is 0 Å². The van der Waals surface area contributed by atoms with E-state index in [0.717, 1.165) is 19.3 Å². The van der Waals surface area contributed by atoms with Gasteiger partial charge in [0.2, 0.25) is 12.3 Å². The van der Waals surface area contributed by atoms with E-state index in [4.69, 9.17) is 0 Å². The average molecular weight is 142 g/mol. The first-order valence-corrected chi connectivity index (χ1v) is 3.33. The zero-order chi connectivity index (χ0) is 7.40. The number of carbonyl (C=O) groups is 2. The third-order valence-corrected chi connectivity index (χ3v) is 1.73. The van der Waals surface area contributed by atoms with Gasteiger partial charge in [-0.2, -0.15) is 0 Å². The van der Waals surface area contributed by atoms with Crippen LogP contribution in [0.5, 0.6) is 0 Å². The van der Waals surface area contributed by atoms with E-state index in [-0.39, 0.29) is 11.8 Å². The van der Waals surface area contributed by atoms with Crippen molar-refractivity contribution in [3.8, 4) is 0 Å².